The Morgan fingerprint density at radius 3 is 2.50 bits per heavy atom. The van der Waals surface area contributed by atoms with Crippen LogP contribution in [0.2, 0.25) is 0 Å². The molecule has 0 atom stereocenters. The van der Waals surface area contributed by atoms with Gasteiger partial charge in [-0.05, 0) is 37.0 Å². The third kappa shape index (κ3) is 3.74. The summed E-state index contributed by atoms with van der Waals surface area (Å²) in [5.41, 5.74) is 7.38. The fraction of sp³-hybridized carbons (Fsp3) is 0.500. The van der Waals surface area contributed by atoms with E-state index >= 15 is 0 Å². The number of hydrogen-bond donors (Lipinski definition) is 1. The van der Waals surface area contributed by atoms with Crippen LogP contribution in [-0.4, -0.2) is 30.5 Å². The van der Waals surface area contributed by atoms with Crippen molar-refractivity contribution in [3.63, 3.8) is 0 Å². The molecule has 0 bridgehead atoms. The Hall–Kier alpha value is -1.55. The molecule has 0 spiro atoms. The fourth-order valence-electron chi connectivity index (χ4n) is 2.10. The number of rotatable bonds is 4. The number of piperidine rings is 1. The maximum absolute atomic E-state index is 11.8. The number of nitrogen functional groups attached to an aromatic ring is 1. The van der Waals surface area contributed by atoms with Gasteiger partial charge in [-0.1, -0.05) is 12.1 Å². The molecule has 0 saturated carbocycles. The third-order valence-corrected chi connectivity index (χ3v) is 3.18. The first-order valence-corrected chi connectivity index (χ1v) is 6.45. The molecule has 1 amide bonds. The van der Waals surface area contributed by atoms with Crippen molar-refractivity contribution in [2.45, 2.75) is 25.9 Å². The zero-order valence-electron chi connectivity index (χ0n) is 10.6. The van der Waals surface area contributed by atoms with E-state index in [-0.39, 0.29) is 12.5 Å². The Morgan fingerprint density at radius 2 is 1.83 bits per heavy atom. The quantitative estimate of drug-likeness (QED) is 0.827. The number of carbonyl (C=O) groups is 1. The van der Waals surface area contributed by atoms with E-state index in [2.05, 4.69) is 0 Å². The molecule has 18 heavy (non-hydrogen) atoms. The Balaban J connectivity index is 1.71. The first-order valence-electron chi connectivity index (χ1n) is 6.45. The van der Waals surface area contributed by atoms with Gasteiger partial charge >= 0.3 is 0 Å². The van der Waals surface area contributed by atoms with Gasteiger partial charge in [0.25, 0.3) is 0 Å². The van der Waals surface area contributed by atoms with Gasteiger partial charge < -0.3 is 15.4 Å². The van der Waals surface area contributed by atoms with Gasteiger partial charge in [0.15, 0.2) is 0 Å². The third-order valence-electron chi connectivity index (χ3n) is 3.18. The summed E-state index contributed by atoms with van der Waals surface area (Å²) in [6.45, 7) is 2.39. The van der Waals surface area contributed by atoms with Crippen LogP contribution in [0.4, 0.5) is 5.69 Å². The monoisotopic (exact) mass is 248 g/mol. The highest BCUT2D eigenvalue weighted by molar-refractivity contribution is 5.77. The maximum atomic E-state index is 11.8. The van der Waals surface area contributed by atoms with Crippen LogP contribution in [0.5, 0.6) is 0 Å². The van der Waals surface area contributed by atoms with E-state index in [0.717, 1.165) is 37.2 Å². The molecule has 0 unspecified atom stereocenters. The van der Waals surface area contributed by atoms with E-state index < -0.39 is 0 Å². The van der Waals surface area contributed by atoms with Crippen LogP contribution >= 0.6 is 0 Å². The molecule has 98 valence electrons. The lowest BCUT2D eigenvalue weighted by atomic mass is 10.1. The first-order chi connectivity index (χ1) is 8.75. The highest BCUT2D eigenvalue weighted by atomic mass is 16.5. The number of anilines is 1. The van der Waals surface area contributed by atoms with E-state index in [1.54, 1.807) is 0 Å². The van der Waals surface area contributed by atoms with Crippen molar-refractivity contribution in [1.82, 2.24) is 4.90 Å². The van der Waals surface area contributed by atoms with Crippen LogP contribution in [0.15, 0.2) is 24.3 Å². The van der Waals surface area contributed by atoms with Gasteiger partial charge in [-0.2, -0.15) is 0 Å². The minimum atomic E-state index is 0.102. The molecule has 4 heteroatoms. The number of ether oxygens (including phenoxy) is 1. The number of amides is 1. The molecule has 2 N–H and O–H groups in total. The SMILES string of the molecule is Nc1ccc(COCC(=O)N2CCCCC2)cc1. The lowest BCUT2D eigenvalue weighted by molar-refractivity contribution is -0.137. The van der Waals surface area contributed by atoms with E-state index in [9.17, 15) is 4.79 Å². The predicted octanol–water partition coefficient (Wildman–Crippen LogP) is 1.80. The summed E-state index contributed by atoms with van der Waals surface area (Å²) >= 11 is 0. The summed E-state index contributed by atoms with van der Waals surface area (Å²) in [6.07, 6.45) is 3.46. The summed E-state index contributed by atoms with van der Waals surface area (Å²) in [4.78, 5) is 13.7. The van der Waals surface area contributed by atoms with Gasteiger partial charge in [0, 0.05) is 18.8 Å². The number of benzene rings is 1. The second-order valence-corrected chi connectivity index (χ2v) is 4.68. The van der Waals surface area contributed by atoms with Gasteiger partial charge in [-0.15, -0.1) is 0 Å². The Kier molecular flexibility index (Phi) is 4.59. The van der Waals surface area contributed by atoms with Crippen LogP contribution in [0.25, 0.3) is 0 Å². The molecule has 1 heterocycles. The highest BCUT2D eigenvalue weighted by Crippen LogP contribution is 2.10. The number of likely N-dealkylation sites (tertiary alicyclic amines) is 1. The highest BCUT2D eigenvalue weighted by Gasteiger charge is 2.15. The van der Waals surface area contributed by atoms with Crippen molar-refractivity contribution in [1.29, 1.82) is 0 Å². The van der Waals surface area contributed by atoms with Crippen molar-refractivity contribution in [3.05, 3.63) is 29.8 Å². The topological polar surface area (TPSA) is 55.6 Å². The zero-order valence-corrected chi connectivity index (χ0v) is 10.6. The Morgan fingerprint density at radius 1 is 1.17 bits per heavy atom. The summed E-state index contributed by atoms with van der Waals surface area (Å²) in [5.74, 6) is 0.102. The van der Waals surface area contributed by atoms with Gasteiger partial charge in [0.1, 0.15) is 6.61 Å². The number of nitrogens with two attached hydrogens (primary N) is 1. The van der Waals surface area contributed by atoms with Crippen molar-refractivity contribution < 1.29 is 9.53 Å². The van der Waals surface area contributed by atoms with Crippen LogP contribution < -0.4 is 5.73 Å². The Labute approximate surface area is 108 Å². The van der Waals surface area contributed by atoms with Crippen molar-refractivity contribution >= 4 is 11.6 Å². The smallest absolute Gasteiger partial charge is 0.248 e. The molecule has 1 saturated heterocycles. The molecule has 0 radical (unpaired) electrons. The molecule has 1 aromatic rings. The molecule has 0 aliphatic carbocycles. The van der Waals surface area contributed by atoms with Crippen molar-refractivity contribution in [2.24, 2.45) is 0 Å². The lowest BCUT2D eigenvalue weighted by Crippen LogP contribution is -2.37. The standard InChI is InChI=1S/C14H20N2O2/c15-13-6-4-12(5-7-13)10-18-11-14(17)16-8-2-1-3-9-16/h4-7H,1-3,8-11,15H2. The van der Waals surface area contributed by atoms with E-state index in [4.69, 9.17) is 10.5 Å². The van der Waals surface area contributed by atoms with Crippen LogP contribution in [0.3, 0.4) is 0 Å². The second-order valence-electron chi connectivity index (χ2n) is 4.68. The van der Waals surface area contributed by atoms with E-state index in [1.807, 2.05) is 29.2 Å². The number of nitrogens with zero attached hydrogens (tertiary/aromatic N) is 1. The van der Waals surface area contributed by atoms with Gasteiger partial charge in [0.2, 0.25) is 5.91 Å². The van der Waals surface area contributed by atoms with Crippen LogP contribution in [-0.2, 0) is 16.1 Å². The largest absolute Gasteiger partial charge is 0.399 e. The fourth-order valence-corrected chi connectivity index (χ4v) is 2.10. The average Bonchev–Trinajstić information content (AvgIpc) is 2.42. The first kappa shape index (κ1) is 12.9. The number of hydrogen-bond acceptors (Lipinski definition) is 3. The molecule has 1 aliphatic heterocycles. The normalized spacial score (nSPS) is 15.7. The number of carbonyl (C=O) groups excluding carboxylic acids is 1. The predicted molar refractivity (Wildman–Crippen MR) is 70.9 cm³/mol. The zero-order chi connectivity index (χ0) is 12.8. The lowest BCUT2D eigenvalue weighted by Gasteiger charge is -2.26. The van der Waals surface area contributed by atoms with Crippen LogP contribution in [0, 0.1) is 0 Å². The van der Waals surface area contributed by atoms with Gasteiger partial charge in [0.05, 0.1) is 6.61 Å². The van der Waals surface area contributed by atoms with Crippen molar-refractivity contribution in [2.75, 3.05) is 25.4 Å². The molecular weight excluding hydrogens is 228 g/mol. The van der Waals surface area contributed by atoms with E-state index in [0.29, 0.717) is 6.61 Å². The maximum Gasteiger partial charge on any atom is 0.248 e. The van der Waals surface area contributed by atoms with Gasteiger partial charge in [-0.25, -0.2) is 0 Å². The van der Waals surface area contributed by atoms with Crippen molar-refractivity contribution in [3.8, 4) is 0 Å². The minimum Gasteiger partial charge on any atom is -0.399 e. The molecule has 1 aromatic carbocycles. The van der Waals surface area contributed by atoms with E-state index in [1.165, 1.54) is 6.42 Å². The molecule has 4 nitrogen and oxygen atoms in total. The molecule has 0 aromatic heterocycles. The van der Waals surface area contributed by atoms with Gasteiger partial charge in [-0.3, -0.25) is 4.79 Å². The van der Waals surface area contributed by atoms with Crippen LogP contribution in [0.1, 0.15) is 24.8 Å². The molecule has 1 fully saturated rings. The average molecular weight is 248 g/mol. The summed E-state index contributed by atoms with van der Waals surface area (Å²) in [6, 6.07) is 7.51. The second kappa shape index (κ2) is 6.40. The molecular formula is C14H20N2O2. The molecule has 1 aliphatic rings. The molecule has 2 rings (SSSR count). The minimum absolute atomic E-state index is 0.102. The Bertz CT molecular complexity index is 383. The summed E-state index contributed by atoms with van der Waals surface area (Å²) in [5, 5.41) is 0. The summed E-state index contributed by atoms with van der Waals surface area (Å²) in [7, 11) is 0. The summed E-state index contributed by atoms with van der Waals surface area (Å²) < 4.78 is 5.44.